The van der Waals surface area contributed by atoms with Crippen molar-refractivity contribution in [2.75, 3.05) is 19.7 Å². The highest BCUT2D eigenvalue weighted by Crippen LogP contribution is 2.30. The van der Waals surface area contributed by atoms with Crippen molar-refractivity contribution in [3.05, 3.63) is 54.0 Å². The third-order valence-electron chi connectivity index (χ3n) is 4.55. The molecule has 132 valence electrons. The number of aliphatic hydroxyl groups is 1. The van der Waals surface area contributed by atoms with Gasteiger partial charge in [0.15, 0.2) is 0 Å². The predicted octanol–water partition coefficient (Wildman–Crippen LogP) is 2.46. The topological polar surface area (TPSA) is 75.5 Å². The minimum absolute atomic E-state index is 0.0673. The van der Waals surface area contributed by atoms with Crippen LogP contribution in [0.15, 0.2) is 42.7 Å². The number of nitrogens with zero attached hydrogens (tertiary/aromatic N) is 3. The summed E-state index contributed by atoms with van der Waals surface area (Å²) in [5.41, 5.74) is 1.19. The first-order chi connectivity index (χ1) is 12.2. The van der Waals surface area contributed by atoms with E-state index < -0.39 is 6.10 Å². The molecule has 1 saturated heterocycles. The summed E-state index contributed by atoms with van der Waals surface area (Å²) < 4.78 is 5.46. The minimum Gasteiger partial charge on any atom is -0.477 e. The second-order valence-corrected chi connectivity index (χ2v) is 6.12. The fourth-order valence-electron chi connectivity index (χ4n) is 3.19. The van der Waals surface area contributed by atoms with E-state index in [1.807, 2.05) is 25.1 Å². The number of carbonyl (C=O) groups excluding carboxylic acids is 1. The Labute approximate surface area is 147 Å². The molecule has 6 heteroatoms. The molecule has 1 amide bonds. The molecule has 0 aliphatic carbocycles. The molecule has 1 fully saturated rings. The Kier molecular flexibility index (Phi) is 5.60. The van der Waals surface area contributed by atoms with Crippen molar-refractivity contribution in [3.63, 3.8) is 0 Å². The number of hydrogen-bond acceptors (Lipinski definition) is 5. The Morgan fingerprint density at radius 2 is 2.00 bits per heavy atom. The van der Waals surface area contributed by atoms with Gasteiger partial charge in [-0.1, -0.05) is 6.07 Å². The second kappa shape index (κ2) is 8.07. The molecule has 1 N–H and O–H groups in total. The van der Waals surface area contributed by atoms with Crippen LogP contribution in [-0.2, 0) is 0 Å². The van der Waals surface area contributed by atoms with Crippen molar-refractivity contribution < 1.29 is 14.6 Å². The van der Waals surface area contributed by atoms with Crippen LogP contribution in [0.4, 0.5) is 0 Å². The van der Waals surface area contributed by atoms with E-state index >= 15 is 0 Å². The molecule has 0 bridgehead atoms. The highest BCUT2D eigenvalue weighted by Gasteiger charge is 2.30. The van der Waals surface area contributed by atoms with E-state index in [9.17, 15) is 9.90 Å². The van der Waals surface area contributed by atoms with Crippen LogP contribution in [0.3, 0.4) is 0 Å². The maximum Gasteiger partial charge on any atom is 0.259 e. The van der Waals surface area contributed by atoms with E-state index in [0.717, 1.165) is 12.8 Å². The van der Waals surface area contributed by atoms with Crippen molar-refractivity contribution in [1.82, 2.24) is 14.9 Å². The lowest BCUT2D eigenvalue weighted by atomic mass is 9.89. The molecule has 6 nitrogen and oxygen atoms in total. The standard InChI is InChI=1S/C19H23N3O3/c1-2-25-18-15(6-5-11-21-18)19(24)22-12-8-14(9-13-22)17(23)16-7-3-4-10-20-16/h3-7,10-11,14,17,23H,2,8-9,12-13H2,1H3. The fraction of sp³-hybridized carbons (Fsp3) is 0.421. The SMILES string of the molecule is CCOc1ncccc1C(=O)N1CCC(C(O)c2ccccn2)CC1. The Morgan fingerprint density at radius 3 is 2.68 bits per heavy atom. The molecule has 2 aromatic rings. The number of likely N-dealkylation sites (tertiary alicyclic amines) is 1. The van der Waals surface area contributed by atoms with E-state index in [2.05, 4.69) is 9.97 Å². The van der Waals surface area contributed by atoms with Gasteiger partial charge in [-0.05, 0) is 49.9 Å². The maximum absolute atomic E-state index is 12.8. The number of pyridine rings is 2. The van der Waals surface area contributed by atoms with Crippen LogP contribution in [0, 0.1) is 5.92 Å². The van der Waals surface area contributed by atoms with Crippen molar-refractivity contribution in [2.45, 2.75) is 25.9 Å². The number of carbonyl (C=O) groups is 1. The van der Waals surface area contributed by atoms with E-state index in [4.69, 9.17) is 4.74 Å². The van der Waals surface area contributed by atoms with Gasteiger partial charge < -0.3 is 14.7 Å². The van der Waals surface area contributed by atoms with Crippen LogP contribution in [0.25, 0.3) is 0 Å². The number of amides is 1. The molecular weight excluding hydrogens is 318 g/mol. The zero-order valence-electron chi connectivity index (χ0n) is 14.3. The third-order valence-corrected chi connectivity index (χ3v) is 4.55. The molecule has 25 heavy (non-hydrogen) atoms. The lowest BCUT2D eigenvalue weighted by Gasteiger charge is -2.34. The number of piperidine rings is 1. The van der Waals surface area contributed by atoms with Gasteiger partial charge in [-0.15, -0.1) is 0 Å². The van der Waals surface area contributed by atoms with Crippen molar-refractivity contribution in [1.29, 1.82) is 0 Å². The monoisotopic (exact) mass is 341 g/mol. The Balaban J connectivity index is 1.63. The van der Waals surface area contributed by atoms with Gasteiger partial charge >= 0.3 is 0 Å². The molecular formula is C19H23N3O3. The summed E-state index contributed by atoms with van der Waals surface area (Å²) in [5, 5.41) is 10.5. The molecule has 1 aliphatic rings. The molecule has 0 aromatic carbocycles. The average molecular weight is 341 g/mol. The van der Waals surface area contributed by atoms with Gasteiger partial charge in [-0.25, -0.2) is 4.98 Å². The summed E-state index contributed by atoms with van der Waals surface area (Å²) in [4.78, 5) is 23.0. The summed E-state index contributed by atoms with van der Waals surface area (Å²) in [6, 6.07) is 9.04. The van der Waals surface area contributed by atoms with Gasteiger partial charge in [0.2, 0.25) is 5.88 Å². The zero-order valence-corrected chi connectivity index (χ0v) is 14.3. The number of aromatic nitrogens is 2. The highest BCUT2D eigenvalue weighted by atomic mass is 16.5. The largest absolute Gasteiger partial charge is 0.477 e. The van der Waals surface area contributed by atoms with Crippen molar-refractivity contribution >= 4 is 5.91 Å². The molecule has 2 aromatic heterocycles. The van der Waals surface area contributed by atoms with E-state index in [-0.39, 0.29) is 11.8 Å². The van der Waals surface area contributed by atoms with Crippen molar-refractivity contribution in [2.24, 2.45) is 5.92 Å². The highest BCUT2D eigenvalue weighted by molar-refractivity contribution is 5.96. The number of aliphatic hydroxyl groups excluding tert-OH is 1. The second-order valence-electron chi connectivity index (χ2n) is 6.12. The molecule has 1 unspecified atom stereocenters. The van der Waals surface area contributed by atoms with Crippen LogP contribution >= 0.6 is 0 Å². The summed E-state index contributed by atoms with van der Waals surface area (Å²) in [5.74, 6) is 0.423. The van der Waals surface area contributed by atoms with Gasteiger partial charge in [-0.3, -0.25) is 9.78 Å². The maximum atomic E-state index is 12.8. The van der Waals surface area contributed by atoms with E-state index in [0.29, 0.717) is 36.8 Å². The van der Waals surface area contributed by atoms with Crippen molar-refractivity contribution in [3.8, 4) is 5.88 Å². The van der Waals surface area contributed by atoms with Crippen LogP contribution in [0.2, 0.25) is 0 Å². The van der Waals surface area contributed by atoms with Gasteiger partial charge in [-0.2, -0.15) is 0 Å². The third kappa shape index (κ3) is 3.96. The number of ether oxygens (including phenoxy) is 1. The van der Waals surface area contributed by atoms with Crippen LogP contribution in [0.1, 0.15) is 41.9 Å². The first-order valence-electron chi connectivity index (χ1n) is 8.66. The molecule has 1 aliphatic heterocycles. The smallest absolute Gasteiger partial charge is 0.259 e. The van der Waals surface area contributed by atoms with Crippen LogP contribution in [0.5, 0.6) is 5.88 Å². The van der Waals surface area contributed by atoms with Gasteiger partial charge in [0.05, 0.1) is 18.4 Å². The lowest BCUT2D eigenvalue weighted by molar-refractivity contribution is 0.0444. The lowest BCUT2D eigenvalue weighted by Crippen LogP contribution is -2.40. The summed E-state index contributed by atoms with van der Waals surface area (Å²) in [6.45, 7) is 3.55. The molecule has 0 saturated carbocycles. The Bertz CT molecular complexity index is 700. The number of hydrogen-bond donors (Lipinski definition) is 1. The van der Waals surface area contributed by atoms with Gasteiger partial charge in [0.1, 0.15) is 5.56 Å². The summed E-state index contributed by atoms with van der Waals surface area (Å²) in [6.07, 6.45) is 4.21. The van der Waals surface area contributed by atoms with Gasteiger partial charge in [0.25, 0.3) is 5.91 Å². The minimum atomic E-state index is -0.587. The predicted molar refractivity (Wildman–Crippen MR) is 93.2 cm³/mol. The number of rotatable bonds is 5. The summed E-state index contributed by atoms with van der Waals surface area (Å²) >= 11 is 0. The normalized spacial score (nSPS) is 16.5. The quantitative estimate of drug-likeness (QED) is 0.904. The van der Waals surface area contributed by atoms with Gasteiger partial charge in [0, 0.05) is 25.5 Å². The Hall–Kier alpha value is -2.47. The fourth-order valence-corrected chi connectivity index (χ4v) is 3.19. The molecule has 0 radical (unpaired) electrons. The molecule has 3 rings (SSSR count). The zero-order chi connectivity index (χ0) is 17.6. The van der Waals surface area contributed by atoms with E-state index in [1.165, 1.54) is 0 Å². The first kappa shape index (κ1) is 17.4. The van der Waals surface area contributed by atoms with E-state index in [1.54, 1.807) is 29.4 Å². The Morgan fingerprint density at radius 1 is 1.24 bits per heavy atom. The van der Waals surface area contributed by atoms with Crippen LogP contribution < -0.4 is 4.74 Å². The molecule has 1 atom stereocenters. The summed E-state index contributed by atoms with van der Waals surface area (Å²) in [7, 11) is 0. The van der Waals surface area contributed by atoms with Crippen LogP contribution in [-0.4, -0.2) is 45.6 Å². The molecule has 3 heterocycles. The molecule has 0 spiro atoms. The first-order valence-corrected chi connectivity index (χ1v) is 8.66. The average Bonchev–Trinajstić information content (AvgIpc) is 2.68.